The highest BCUT2D eigenvalue weighted by Gasteiger charge is 2.32. The van der Waals surface area contributed by atoms with Gasteiger partial charge in [-0.2, -0.15) is 0 Å². The molecule has 0 radical (unpaired) electrons. The Morgan fingerprint density at radius 3 is 2.50 bits per heavy atom. The van der Waals surface area contributed by atoms with E-state index in [2.05, 4.69) is 11.9 Å². The van der Waals surface area contributed by atoms with Crippen LogP contribution >= 0.6 is 0 Å². The van der Waals surface area contributed by atoms with E-state index in [0.717, 1.165) is 51.3 Å². The molecule has 2 heterocycles. The second-order valence-electron chi connectivity index (χ2n) is 7.40. The van der Waals surface area contributed by atoms with Gasteiger partial charge < -0.3 is 20.2 Å². The second-order valence-corrected chi connectivity index (χ2v) is 7.40. The van der Waals surface area contributed by atoms with Crippen molar-refractivity contribution in [1.29, 1.82) is 0 Å². The van der Waals surface area contributed by atoms with Gasteiger partial charge in [-0.05, 0) is 56.4 Å². The molecule has 1 aromatic rings. The van der Waals surface area contributed by atoms with Gasteiger partial charge in [0.15, 0.2) is 0 Å². The summed E-state index contributed by atoms with van der Waals surface area (Å²) in [4.78, 5) is 40.8. The van der Waals surface area contributed by atoms with Gasteiger partial charge in [-0.3, -0.25) is 14.4 Å². The Kier molecular flexibility index (Phi) is 6.34. The Balaban J connectivity index is 1.71. The first-order valence-electron chi connectivity index (χ1n) is 9.84. The number of rotatable bonds is 4. The van der Waals surface area contributed by atoms with E-state index in [4.69, 9.17) is 0 Å². The first-order chi connectivity index (χ1) is 13.5. The van der Waals surface area contributed by atoms with E-state index in [1.807, 2.05) is 4.90 Å². The van der Waals surface area contributed by atoms with Gasteiger partial charge in [0.1, 0.15) is 5.75 Å². The summed E-state index contributed by atoms with van der Waals surface area (Å²) in [6.45, 7) is 5.90. The number of aromatic hydroxyl groups is 1. The normalized spacial score (nSPS) is 19.8. The lowest BCUT2D eigenvalue weighted by molar-refractivity contribution is -0.137. The molecular formula is C21H27N3O4. The second kappa shape index (κ2) is 8.91. The van der Waals surface area contributed by atoms with Gasteiger partial charge >= 0.3 is 0 Å². The summed E-state index contributed by atoms with van der Waals surface area (Å²) < 4.78 is 0. The predicted octanol–water partition coefficient (Wildman–Crippen LogP) is 2.38. The van der Waals surface area contributed by atoms with E-state index >= 15 is 0 Å². The largest absolute Gasteiger partial charge is 0.507 e. The Bertz CT molecular complexity index is 771. The van der Waals surface area contributed by atoms with Crippen molar-refractivity contribution < 1.29 is 19.5 Å². The maximum atomic E-state index is 13.0. The van der Waals surface area contributed by atoms with Crippen LogP contribution in [0.15, 0.2) is 30.9 Å². The van der Waals surface area contributed by atoms with E-state index in [0.29, 0.717) is 18.8 Å². The van der Waals surface area contributed by atoms with Crippen LogP contribution in [0.3, 0.4) is 0 Å². The van der Waals surface area contributed by atoms with Crippen molar-refractivity contribution in [3.63, 3.8) is 0 Å². The maximum Gasteiger partial charge on any atom is 0.257 e. The number of hydrogen-bond acceptors (Lipinski definition) is 4. The third-order valence-electron chi connectivity index (χ3n) is 5.41. The number of anilines is 1. The fourth-order valence-corrected chi connectivity index (χ4v) is 3.88. The van der Waals surface area contributed by atoms with Crippen molar-refractivity contribution in [2.45, 2.75) is 32.1 Å². The fourth-order valence-electron chi connectivity index (χ4n) is 3.88. The molecule has 1 unspecified atom stereocenters. The highest BCUT2D eigenvalue weighted by atomic mass is 16.3. The van der Waals surface area contributed by atoms with Gasteiger partial charge in [0, 0.05) is 31.9 Å². The van der Waals surface area contributed by atoms with Crippen LogP contribution in [-0.2, 0) is 9.59 Å². The standard InChI is InChI=1S/C21H27N3O4/c1-2-19(26)22-16-8-9-18(25)17(13-16)21(28)24-12-6-7-15(14-24)20(27)23-10-4-3-5-11-23/h2,8-9,13,15,25H,1,3-7,10-12,14H2,(H,22,26). The minimum atomic E-state index is -0.394. The summed E-state index contributed by atoms with van der Waals surface area (Å²) in [5.74, 6) is -0.932. The molecule has 3 rings (SSSR count). The zero-order chi connectivity index (χ0) is 20.1. The van der Waals surface area contributed by atoms with Gasteiger partial charge in [-0.15, -0.1) is 0 Å². The molecule has 150 valence electrons. The van der Waals surface area contributed by atoms with E-state index < -0.39 is 5.91 Å². The fraction of sp³-hybridized carbons (Fsp3) is 0.476. The summed E-state index contributed by atoms with van der Waals surface area (Å²) in [5, 5.41) is 12.7. The lowest BCUT2D eigenvalue weighted by Gasteiger charge is -2.36. The molecule has 0 saturated carbocycles. The lowest BCUT2D eigenvalue weighted by atomic mass is 9.95. The van der Waals surface area contributed by atoms with Crippen LogP contribution in [0.5, 0.6) is 5.75 Å². The lowest BCUT2D eigenvalue weighted by Crippen LogP contribution is -2.47. The van der Waals surface area contributed by atoms with Crippen LogP contribution in [0.1, 0.15) is 42.5 Å². The number of benzene rings is 1. The van der Waals surface area contributed by atoms with E-state index in [-0.39, 0.29) is 29.0 Å². The molecule has 1 aromatic carbocycles. The topological polar surface area (TPSA) is 90.0 Å². The zero-order valence-electron chi connectivity index (χ0n) is 16.0. The van der Waals surface area contributed by atoms with Crippen LogP contribution in [0.25, 0.3) is 0 Å². The molecule has 2 aliphatic heterocycles. The molecule has 2 N–H and O–H groups in total. The quantitative estimate of drug-likeness (QED) is 0.615. The Labute approximate surface area is 165 Å². The molecule has 2 aliphatic rings. The van der Waals surface area contributed by atoms with Gasteiger partial charge in [-0.1, -0.05) is 6.58 Å². The minimum absolute atomic E-state index is 0.118. The number of piperidine rings is 2. The average Bonchev–Trinajstić information content (AvgIpc) is 2.74. The van der Waals surface area contributed by atoms with Gasteiger partial charge in [0.25, 0.3) is 5.91 Å². The number of hydrogen-bond donors (Lipinski definition) is 2. The molecule has 0 spiro atoms. The molecular weight excluding hydrogens is 358 g/mol. The van der Waals surface area contributed by atoms with Crippen LogP contribution in [0, 0.1) is 5.92 Å². The molecule has 2 saturated heterocycles. The summed E-state index contributed by atoms with van der Waals surface area (Å²) >= 11 is 0. The summed E-state index contributed by atoms with van der Waals surface area (Å²) in [7, 11) is 0. The zero-order valence-corrected chi connectivity index (χ0v) is 16.0. The molecule has 1 atom stereocenters. The molecule has 0 bridgehead atoms. The maximum absolute atomic E-state index is 13.0. The van der Waals surface area contributed by atoms with Crippen molar-refractivity contribution in [1.82, 2.24) is 9.80 Å². The van der Waals surface area contributed by atoms with Crippen LogP contribution in [0.4, 0.5) is 5.69 Å². The number of amides is 3. The highest BCUT2D eigenvalue weighted by Crippen LogP contribution is 2.27. The third-order valence-corrected chi connectivity index (χ3v) is 5.41. The number of carbonyl (C=O) groups is 3. The number of nitrogens with one attached hydrogen (secondary N) is 1. The smallest absolute Gasteiger partial charge is 0.257 e. The molecule has 0 aliphatic carbocycles. The monoisotopic (exact) mass is 385 g/mol. The summed E-state index contributed by atoms with van der Waals surface area (Å²) in [6, 6.07) is 4.35. The van der Waals surface area contributed by atoms with Crippen molar-refractivity contribution >= 4 is 23.4 Å². The van der Waals surface area contributed by atoms with Gasteiger partial charge in [-0.25, -0.2) is 0 Å². The number of nitrogens with zero attached hydrogens (tertiary/aromatic N) is 2. The van der Waals surface area contributed by atoms with Gasteiger partial charge in [0.2, 0.25) is 11.8 Å². The number of phenolic OH excluding ortho intramolecular Hbond substituents is 1. The Morgan fingerprint density at radius 2 is 1.79 bits per heavy atom. The van der Waals surface area contributed by atoms with Crippen LogP contribution < -0.4 is 5.32 Å². The SMILES string of the molecule is C=CC(=O)Nc1ccc(O)c(C(=O)N2CCCC(C(=O)N3CCCCC3)C2)c1. The van der Waals surface area contributed by atoms with E-state index in [1.165, 1.54) is 18.2 Å². The molecule has 0 aromatic heterocycles. The van der Waals surface area contributed by atoms with E-state index in [1.54, 1.807) is 4.90 Å². The van der Waals surface area contributed by atoms with Crippen LogP contribution in [0.2, 0.25) is 0 Å². The van der Waals surface area contributed by atoms with Crippen molar-refractivity contribution in [3.05, 3.63) is 36.4 Å². The molecule has 3 amide bonds. The third kappa shape index (κ3) is 4.52. The Hall–Kier alpha value is -2.83. The highest BCUT2D eigenvalue weighted by molar-refractivity contribution is 6.02. The minimum Gasteiger partial charge on any atom is -0.507 e. The average molecular weight is 385 g/mol. The summed E-state index contributed by atoms with van der Waals surface area (Å²) in [5.41, 5.74) is 0.525. The molecule has 7 heteroatoms. The summed E-state index contributed by atoms with van der Waals surface area (Å²) in [6.07, 6.45) is 5.91. The number of carbonyl (C=O) groups excluding carboxylic acids is 3. The van der Waals surface area contributed by atoms with Crippen molar-refractivity contribution in [2.75, 3.05) is 31.5 Å². The Morgan fingerprint density at radius 1 is 1.07 bits per heavy atom. The van der Waals surface area contributed by atoms with Crippen molar-refractivity contribution in [2.24, 2.45) is 5.92 Å². The predicted molar refractivity (Wildman–Crippen MR) is 106 cm³/mol. The molecule has 28 heavy (non-hydrogen) atoms. The first kappa shape index (κ1) is 19.9. The van der Waals surface area contributed by atoms with Gasteiger partial charge in [0.05, 0.1) is 11.5 Å². The number of phenols is 1. The first-order valence-corrected chi connectivity index (χ1v) is 9.84. The van der Waals surface area contributed by atoms with Crippen molar-refractivity contribution in [3.8, 4) is 5.75 Å². The van der Waals surface area contributed by atoms with E-state index in [9.17, 15) is 19.5 Å². The van der Waals surface area contributed by atoms with Crippen LogP contribution in [-0.4, -0.2) is 58.8 Å². The number of likely N-dealkylation sites (tertiary alicyclic amines) is 2. The molecule has 7 nitrogen and oxygen atoms in total. The molecule has 2 fully saturated rings.